The largest absolute Gasteiger partial charge is 0.457 e. The van der Waals surface area contributed by atoms with Crippen LogP contribution in [0, 0.1) is 30.6 Å². The molecule has 0 unspecified atom stereocenters. The Morgan fingerprint density at radius 1 is 0.509 bits per heavy atom. The molecule has 2 nitrogen and oxygen atoms in total. The van der Waals surface area contributed by atoms with Gasteiger partial charge in [0.05, 0.1) is 0 Å². The van der Waals surface area contributed by atoms with Gasteiger partial charge in [-0.1, -0.05) is 123 Å². The molecule has 10 rings (SSSR count). The molecule has 0 amide bonds. The molecule has 2 aliphatic rings. The van der Waals surface area contributed by atoms with Crippen LogP contribution in [0.25, 0.3) is 42.4 Å². The third-order valence-electron chi connectivity index (χ3n) is 12.8. The molecule has 0 atom stereocenters. The van der Waals surface area contributed by atoms with Crippen molar-refractivity contribution in [3.8, 4) is 33.8 Å². The van der Waals surface area contributed by atoms with Gasteiger partial charge in [-0.25, -0.2) is 0 Å². The monoisotopic (exact) mass is 759 g/mol. The molecular formula is C54H49NOS. The molecule has 3 heteroatoms. The number of hydrogen-bond donors (Lipinski definition) is 0. The highest BCUT2D eigenvalue weighted by atomic mass is 32.1. The van der Waals surface area contributed by atoms with Crippen molar-refractivity contribution >= 4 is 48.6 Å². The Morgan fingerprint density at radius 2 is 1.11 bits per heavy atom. The standard InChI is InChI=1S/C54H49NOS/c1-35-30-39-32-36(2)33-40(31-35)53(39)47-29-28-43(34-50(47)56-49-21-11-7-14-37(49)3)55(41-15-5-4-6-16-41)42-26-24-38(25-27-42)44-17-8-9-18-45(44)46-20-13-23-52-54(46)48-19-10-12-22-51(48)57-52/h4-29,34-36,39-40,53H,30-33H2,1-3H3/t35-,36+,39+,40-,53?. The van der Waals surface area contributed by atoms with Crippen molar-refractivity contribution in [2.24, 2.45) is 23.7 Å². The van der Waals surface area contributed by atoms with Crippen LogP contribution < -0.4 is 9.64 Å². The quantitative estimate of drug-likeness (QED) is 0.153. The van der Waals surface area contributed by atoms with E-state index in [9.17, 15) is 0 Å². The third-order valence-corrected chi connectivity index (χ3v) is 14.0. The van der Waals surface area contributed by atoms with Crippen LogP contribution in [0.2, 0.25) is 0 Å². The second-order valence-electron chi connectivity index (χ2n) is 16.8. The van der Waals surface area contributed by atoms with Gasteiger partial charge in [0.2, 0.25) is 0 Å². The van der Waals surface area contributed by atoms with Crippen molar-refractivity contribution in [1.82, 2.24) is 0 Å². The first kappa shape index (κ1) is 35.8. The van der Waals surface area contributed by atoms with E-state index in [1.807, 2.05) is 11.3 Å². The molecule has 7 aromatic carbocycles. The number of anilines is 3. The van der Waals surface area contributed by atoms with Gasteiger partial charge in [0.1, 0.15) is 11.5 Å². The average Bonchev–Trinajstić information content (AvgIpc) is 3.62. The Balaban J connectivity index is 1.07. The highest BCUT2D eigenvalue weighted by molar-refractivity contribution is 7.25. The van der Waals surface area contributed by atoms with E-state index in [1.165, 1.54) is 73.7 Å². The summed E-state index contributed by atoms with van der Waals surface area (Å²) in [5, 5.41) is 2.66. The first-order chi connectivity index (χ1) is 28.0. The SMILES string of the molecule is Cc1ccccc1Oc1cc(N(c2ccccc2)c2ccc(-c3ccccc3-c3cccc4sc5ccccc5c34)cc2)ccc1C1[C@H]2C[C@@H](C)C[C@@H]1C[C@@H](C)C2. The summed E-state index contributed by atoms with van der Waals surface area (Å²) in [6, 6.07) is 59.9. The summed E-state index contributed by atoms with van der Waals surface area (Å²) in [6.45, 7) is 7.08. The Bertz CT molecular complexity index is 2660. The summed E-state index contributed by atoms with van der Waals surface area (Å²) in [5.41, 5.74) is 10.8. The molecule has 0 radical (unpaired) electrons. The molecule has 0 N–H and O–H groups in total. The number of fused-ring (bicyclic) bond motifs is 5. The van der Waals surface area contributed by atoms with Gasteiger partial charge in [0.15, 0.2) is 0 Å². The second kappa shape index (κ2) is 15.0. The zero-order chi connectivity index (χ0) is 38.5. The average molecular weight is 760 g/mol. The minimum absolute atomic E-state index is 0.521. The zero-order valence-corrected chi connectivity index (χ0v) is 33.9. The summed E-state index contributed by atoms with van der Waals surface area (Å²) >= 11 is 1.87. The fraction of sp³-hybridized carbons (Fsp3) is 0.222. The summed E-state index contributed by atoms with van der Waals surface area (Å²) < 4.78 is 9.68. The van der Waals surface area contributed by atoms with E-state index in [4.69, 9.17) is 4.74 Å². The van der Waals surface area contributed by atoms with Gasteiger partial charge in [0, 0.05) is 43.3 Å². The lowest BCUT2D eigenvalue weighted by Crippen LogP contribution is -2.37. The normalized spacial score (nSPS) is 20.4. The molecule has 2 saturated carbocycles. The van der Waals surface area contributed by atoms with E-state index in [0.29, 0.717) is 17.8 Å². The molecule has 0 saturated heterocycles. The molecule has 8 aromatic rings. The topological polar surface area (TPSA) is 12.5 Å². The van der Waals surface area contributed by atoms with Crippen LogP contribution in [0.5, 0.6) is 11.5 Å². The number of rotatable bonds is 8. The van der Waals surface area contributed by atoms with Gasteiger partial charge < -0.3 is 9.64 Å². The Hall–Kier alpha value is -5.64. The van der Waals surface area contributed by atoms with Gasteiger partial charge in [-0.05, 0) is 144 Å². The van der Waals surface area contributed by atoms with Crippen LogP contribution in [-0.2, 0) is 0 Å². The molecule has 2 aliphatic carbocycles. The maximum absolute atomic E-state index is 7.03. The van der Waals surface area contributed by atoms with Crippen molar-refractivity contribution in [2.45, 2.75) is 52.4 Å². The van der Waals surface area contributed by atoms with E-state index in [1.54, 1.807) is 0 Å². The minimum atomic E-state index is 0.521. The lowest BCUT2D eigenvalue weighted by atomic mass is 9.57. The van der Waals surface area contributed by atoms with Crippen LogP contribution in [0.3, 0.4) is 0 Å². The molecule has 57 heavy (non-hydrogen) atoms. The number of benzene rings is 7. The molecule has 0 spiro atoms. The maximum Gasteiger partial charge on any atom is 0.133 e. The lowest BCUT2D eigenvalue weighted by Gasteiger charge is -2.48. The smallest absolute Gasteiger partial charge is 0.133 e. The summed E-state index contributed by atoms with van der Waals surface area (Å²) in [4.78, 5) is 2.38. The number of thiophene rings is 1. The number of para-hydroxylation sites is 2. The maximum atomic E-state index is 7.03. The predicted octanol–water partition coefficient (Wildman–Crippen LogP) is 16.1. The fourth-order valence-corrected chi connectivity index (χ4v) is 11.7. The molecule has 282 valence electrons. The number of hydrogen-bond acceptors (Lipinski definition) is 3. The number of aryl methyl sites for hydroxylation is 1. The highest BCUT2D eigenvalue weighted by Gasteiger charge is 2.43. The van der Waals surface area contributed by atoms with Gasteiger partial charge in [-0.15, -0.1) is 11.3 Å². The van der Waals surface area contributed by atoms with Crippen LogP contribution >= 0.6 is 11.3 Å². The van der Waals surface area contributed by atoms with Gasteiger partial charge in [0.25, 0.3) is 0 Å². The van der Waals surface area contributed by atoms with Crippen LogP contribution in [-0.4, -0.2) is 0 Å². The molecule has 0 aliphatic heterocycles. The van der Waals surface area contributed by atoms with E-state index in [0.717, 1.165) is 46.0 Å². The lowest BCUT2D eigenvalue weighted by molar-refractivity contribution is 0.0784. The van der Waals surface area contributed by atoms with Crippen molar-refractivity contribution < 1.29 is 4.74 Å². The first-order valence-electron chi connectivity index (χ1n) is 20.8. The number of ether oxygens (including phenoxy) is 1. The van der Waals surface area contributed by atoms with Crippen molar-refractivity contribution in [1.29, 1.82) is 0 Å². The predicted molar refractivity (Wildman–Crippen MR) is 243 cm³/mol. The summed E-state index contributed by atoms with van der Waals surface area (Å²) in [6.07, 6.45) is 5.23. The number of nitrogens with zero attached hydrogens (tertiary/aromatic N) is 1. The summed E-state index contributed by atoms with van der Waals surface area (Å²) in [7, 11) is 0. The molecular weight excluding hydrogens is 711 g/mol. The molecule has 2 fully saturated rings. The first-order valence-corrected chi connectivity index (χ1v) is 21.6. The van der Waals surface area contributed by atoms with E-state index < -0.39 is 0 Å². The van der Waals surface area contributed by atoms with Crippen molar-refractivity contribution in [3.05, 3.63) is 175 Å². The van der Waals surface area contributed by atoms with Gasteiger partial charge >= 0.3 is 0 Å². The van der Waals surface area contributed by atoms with Crippen LogP contribution in [0.4, 0.5) is 17.1 Å². The van der Waals surface area contributed by atoms with E-state index >= 15 is 0 Å². The molecule has 1 aromatic heterocycles. The van der Waals surface area contributed by atoms with Gasteiger partial charge in [-0.2, -0.15) is 0 Å². The second-order valence-corrected chi connectivity index (χ2v) is 17.9. The molecule has 1 heterocycles. The van der Waals surface area contributed by atoms with Crippen molar-refractivity contribution in [3.63, 3.8) is 0 Å². The fourth-order valence-electron chi connectivity index (χ4n) is 10.5. The summed E-state index contributed by atoms with van der Waals surface area (Å²) in [5.74, 6) is 5.41. The van der Waals surface area contributed by atoms with E-state index in [-0.39, 0.29) is 0 Å². The minimum Gasteiger partial charge on any atom is -0.457 e. The Labute approximate surface area is 341 Å². The van der Waals surface area contributed by atoms with Crippen LogP contribution in [0.15, 0.2) is 164 Å². The third kappa shape index (κ3) is 6.72. The Morgan fingerprint density at radius 3 is 1.86 bits per heavy atom. The van der Waals surface area contributed by atoms with Gasteiger partial charge in [-0.3, -0.25) is 0 Å². The Kier molecular flexibility index (Phi) is 9.43. The van der Waals surface area contributed by atoms with Crippen LogP contribution in [0.1, 0.15) is 56.6 Å². The van der Waals surface area contributed by atoms with Crippen molar-refractivity contribution in [2.75, 3.05) is 4.90 Å². The molecule has 2 bridgehead atoms. The van der Waals surface area contributed by atoms with E-state index in [2.05, 4.69) is 189 Å². The zero-order valence-electron chi connectivity index (χ0n) is 33.1. The highest BCUT2D eigenvalue weighted by Crippen LogP contribution is 2.56.